The summed E-state index contributed by atoms with van der Waals surface area (Å²) in [5, 5.41) is 9.78. The van der Waals surface area contributed by atoms with Crippen LogP contribution in [-0.2, 0) is 19.0 Å². The Labute approximate surface area is 181 Å². The lowest BCUT2D eigenvalue weighted by molar-refractivity contribution is -0.119. The predicted molar refractivity (Wildman–Crippen MR) is 115 cm³/mol. The van der Waals surface area contributed by atoms with E-state index in [0.717, 1.165) is 31.4 Å². The van der Waals surface area contributed by atoms with E-state index in [1.54, 1.807) is 0 Å². The van der Waals surface area contributed by atoms with Crippen LogP contribution in [0, 0.1) is 0 Å². The van der Waals surface area contributed by atoms with Gasteiger partial charge < -0.3 is 24.8 Å². The zero-order valence-electron chi connectivity index (χ0n) is 17.4. The fourth-order valence-corrected chi connectivity index (χ4v) is 5.04. The van der Waals surface area contributed by atoms with Crippen molar-refractivity contribution in [3.8, 4) is 0 Å². The molecule has 0 aromatic heterocycles. The average molecular weight is 444 g/mol. The smallest absolute Gasteiger partial charge is 0.315 e. The van der Waals surface area contributed by atoms with Crippen molar-refractivity contribution in [1.29, 1.82) is 0 Å². The first-order valence-corrected chi connectivity index (χ1v) is 11.7. The molecule has 2 saturated heterocycles. The van der Waals surface area contributed by atoms with E-state index in [1.165, 1.54) is 0 Å². The molecular formula is C19H33N5O5S. The molecule has 0 radical (unpaired) electrons. The molecule has 0 aromatic carbocycles. The Bertz CT molecular complexity index is 576. The molecule has 0 saturated carbocycles. The molecular weight excluding hydrogens is 410 g/mol. The summed E-state index contributed by atoms with van der Waals surface area (Å²) in [6.07, 6.45) is 4.89. The minimum atomic E-state index is -0.0489. The molecule has 2 heterocycles. The minimum Gasteiger partial charge on any atom is -0.379 e. The average Bonchev–Trinajstić information content (AvgIpc) is 3.28. The van der Waals surface area contributed by atoms with Crippen molar-refractivity contribution in [3.05, 3.63) is 10.4 Å². The van der Waals surface area contributed by atoms with Gasteiger partial charge in [-0.2, -0.15) is 11.8 Å². The van der Waals surface area contributed by atoms with Crippen molar-refractivity contribution in [3.63, 3.8) is 0 Å². The first kappa shape index (κ1) is 24.7. The monoisotopic (exact) mass is 443 g/mol. The van der Waals surface area contributed by atoms with Gasteiger partial charge >= 0.3 is 6.03 Å². The van der Waals surface area contributed by atoms with E-state index in [2.05, 4.69) is 20.7 Å². The van der Waals surface area contributed by atoms with Crippen LogP contribution in [0.3, 0.4) is 0 Å². The number of thioether (sulfide) groups is 1. The number of hydrogen-bond donors (Lipinski definition) is 2. The number of unbranched alkanes of at least 4 members (excludes halogenated alkanes) is 1. The summed E-state index contributed by atoms with van der Waals surface area (Å²) in [5.74, 6) is 1.27. The van der Waals surface area contributed by atoms with Crippen LogP contribution in [-0.4, -0.2) is 81.1 Å². The highest BCUT2D eigenvalue weighted by Crippen LogP contribution is 2.33. The number of fused-ring (bicyclic) bond motifs is 1. The van der Waals surface area contributed by atoms with Crippen molar-refractivity contribution in [2.75, 3.05) is 51.9 Å². The van der Waals surface area contributed by atoms with Crippen LogP contribution in [0.5, 0.6) is 0 Å². The number of carbonyl (C=O) groups is 2. The minimum absolute atomic E-state index is 0.0489. The van der Waals surface area contributed by atoms with Gasteiger partial charge in [0.25, 0.3) is 0 Å². The standard InChI is InChI=1S/C19H33N5O5S/c20-24-21-7-9-28-11-13-29-12-10-27-8-3-5-15(25)4-1-2-6-17-18-16(14-30-17)22-19(26)23-18/h16-18H,1-14H2,(H2,22,23,26). The summed E-state index contributed by atoms with van der Waals surface area (Å²) < 4.78 is 16.0. The molecule has 3 atom stereocenters. The Morgan fingerprint density at radius 3 is 2.50 bits per heavy atom. The lowest BCUT2D eigenvalue weighted by Crippen LogP contribution is -2.36. The second-order valence-corrected chi connectivity index (χ2v) is 8.57. The fourth-order valence-electron chi connectivity index (χ4n) is 3.50. The maximum Gasteiger partial charge on any atom is 0.315 e. The maximum absolute atomic E-state index is 12.0. The number of nitrogens with one attached hydrogen (secondary N) is 2. The molecule has 2 amide bonds. The molecule has 2 aliphatic rings. The number of rotatable bonds is 18. The summed E-state index contributed by atoms with van der Waals surface area (Å²) >= 11 is 1.92. The van der Waals surface area contributed by atoms with Gasteiger partial charge in [-0.3, -0.25) is 4.79 Å². The van der Waals surface area contributed by atoms with Crippen molar-refractivity contribution in [1.82, 2.24) is 10.6 Å². The van der Waals surface area contributed by atoms with E-state index < -0.39 is 0 Å². The lowest BCUT2D eigenvalue weighted by atomic mass is 10.0. The number of azide groups is 1. The summed E-state index contributed by atoms with van der Waals surface area (Å²) in [5.41, 5.74) is 8.11. The van der Waals surface area contributed by atoms with Gasteiger partial charge in [-0.15, -0.1) is 0 Å². The molecule has 10 nitrogen and oxygen atoms in total. The number of carbonyl (C=O) groups excluding carboxylic acids is 2. The van der Waals surface area contributed by atoms with Gasteiger partial charge in [-0.25, -0.2) is 4.79 Å². The number of hydrogen-bond acceptors (Lipinski definition) is 7. The van der Waals surface area contributed by atoms with E-state index in [1.807, 2.05) is 11.8 Å². The highest BCUT2D eigenvalue weighted by molar-refractivity contribution is 8.00. The third-order valence-corrected chi connectivity index (χ3v) is 6.53. The summed E-state index contributed by atoms with van der Waals surface area (Å²) in [6, 6.07) is 0.464. The molecule has 0 spiro atoms. The van der Waals surface area contributed by atoms with Crippen LogP contribution < -0.4 is 10.6 Å². The third kappa shape index (κ3) is 9.99. The van der Waals surface area contributed by atoms with E-state index in [9.17, 15) is 9.59 Å². The maximum atomic E-state index is 12.0. The molecule has 2 rings (SSSR count). The zero-order valence-corrected chi connectivity index (χ0v) is 18.2. The largest absolute Gasteiger partial charge is 0.379 e. The fraction of sp³-hybridized carbons (Fsp3) is 0.895. The third-order valence-electron chi connectivity index (χ3n) is 5.02. The van der Waals surface area contributed by atoms with Gasteiger partial charge in [-0.05, 0) is 24.8 Å². The van der Waals surface area contributed by atoms with E-state index in [4.69, 9.17) is 19.7 Å². The second-order valence-electron chi connectivity index (χ2n) is 7.30. The molecule has 170 valence electrons. The Morgan fingerprint density at radius 1 is 1.03 bits per heavy atom. The van der Waals surface area contributed by atoms with Gasteiger partial charge in [0.1, 0.15) is 5.78 Å². The van der Waals surface area contributed by atoms with E-state index >= 15 is 0 Å². The second kappa shape index (κ2) is 15.3. The Morgan fingerprint density at radius 2 is 1.73 bits per heavy atom. The van der Waals surface area contributed by atoms with Crippen molar-refractivity contribution in [2.24, 2.45) is 5.11 Å². The first-order valence-electron chi connectivity index (χ1n) is 10.6. The molecule has 11 heteroatoms. The number of amides is 2. The number of urea groups is 1. The summed E-state index contributed by atoms with van der Waals surface area (Å²) in [4.78, 5) is 26.0. The first-order chi connectivity index (χ1) is 14.7. The lowest BCUT2D eigenvalue weighted by Gasteiger charge is -2.16. The quantitative estimate of drug-likeness (QED) is 0.110. The Kier molecular flexibility index (Phi) is 12.6. The predicted octanol–water partition coefficient (Wildman–Crippen LogP) is 2.42. The van der Waals surface area contributed by atoms with Gasteiger partial charge in [0.2, 0.25) is 0 Å². The Hall–Kier alpha value is -1.52. The molecule has 3 unspecified atom stereocenters. The van der Waals surface area contributed by atoms with Gasteiger partial charge in [0.15, 0.2) is 0 Å². The van der Waals surface area contributed by atoms with E-state index in [0.29, 0.717) is 70.1 Å². The van der Waals surface area contributed by atoms with Gasteiger partial charge in [0.05, 0.1) is 45.1 Å². The number of nitrogens with zero attached hydrogens (tertiary/aromatic N) is 3. The molecule has 2 N–H and O–H groups in total. The van der Waals surface area contributed by atoms with Crippen molar-refractivity contribution in [2.45, 2.75) is 55.9 Å². The molecule has 0 aliphatic carbocycles. The highest BCUT2D eigenvalue weighted by Gasteiger charge is 2.42. The number of Topliss-reactive ketones (excluding diaryl/α,β-unsaturated/α-hetero) is 1. The topological polar surface area (TPSA) is 135 Å². The molecule has 0 bridgehead atoms. The highest BCUT2D eigenvalue weighted by atomic mass is 32.2. The van der Waals surface area contributed by atoms with Crippen LogP contribution in [0.2, 0.25) is 0 Å². The molecule has 2 aliphatic heterocycles. The molecule has 2 fully saturated rings. The van der Waals surface area contributed by atoms with Gasteiger partial charge in [-0.1, -0.05) is 11.5 Å². The van der Waals surface area contributed by atoms with Gasteiger partial charge in [0, 0.05) is 41.9 Å². The molecule has 0 aromatic rings. The van der Waals surface area contributed by atoms with Crippen molar-refractivity contribution >= 4 is 23.6 Å². The van der Waals surface area contributed by atoms with Crippen LogP contribution in [0.1, 0.15) is 38.5 Å². The van der Waals surface area contributed by atoms with Crippen LogP contribution in [0.25, 0.3) is 10.4 Å². The van der Waals surface area contributed by atoms with Crippen LogP contribution >= 0.6 is 11.8 Å². The molecule has 30 heavy (non-hydrogen) atoms. The SMILES string of the molecule is [N-]=[N+]=NCCOCCOCCOCCCC(=O)CCCCC1SCC2NC(=O)NC21. The van der Waals surface area contributed by atoms with Crippen LogP contribution in [0.4, 0.5) is 4.79 Å². The van der Waals surface area contributed by atoms with E-state index in [-0.39, 0.29) is 18.1 Å². The normalized spacial score (nSPS) is 22.3. The zero-order chi connectivity index (χ0) is 21.4. The summed E-state index contributed by atoms with van der Waals surface area (Å²) in [6.45, 7) is 3.21. The number of ether oxygens (including phenoxy) is 3. The number of ketones is 1. The van der Waals surface area contributed by atoms with Crippen molar-refractivity contribution < 1.29 is 23.8 Å². The summed E-state index contributed by atoms with van der Waals surface area (Å²) in [7, 11) is 0. The Balaban J connectivity index is 1.32. The van der Waals surface area contributed by atoms with Crippen LogP contribution in [0.15, 0.2) is 5.11 Å².